The molecule has 1 fully saturated rings. The minimum atomic E-state index is -0.413. The molecule has 0 bridgehead atoms. The van der Waals surface area contributed by atoms with Crippen molar-refractivity contribution in [1.29, 1.82) is 0 Å². The number of rotatable bonds is 5. The Hall–Kier alpha value is -3.66. The van der Waals surface area contributed by atoms with Crippen molar-refractivity contribution in [2.24, 2.45) is 14.1 Å². The third kappa shape index (κ3) is 4.48. The van der Waals surface area contributed by atoms with Crippen LogP contribution in [-0.2, 0) is 31.9 Å². The van der Waals surface area contributed by atoms with E-state index in [0.717, 1.165) is 20.2 Å². The topological polar surface area (TPSA) is 85.4 Å². The van der Waals surface area contributed by atoms with E-state index in [1.807, 2.05) is 64.1 Å². The standard InChI is InChI=1S/C26H27BrN6O3/c1-29-23-22(24(35)30(2)26(29)36)33(17-19-8-10-20(27)11-9-19)25(28-23)32-14-12-31(13-15-32)21(34)16-18-6-4-3-5-7-18/h3-11H,12-17H2,1-2H3. The molecule has 36 heavy (non-hydrogen) atoms. The highest BCUT2D eigenvalue weighted by Crippen LogP contribution is 2.23. The molecule has 1 aliphatic rings. The van der Waals surface area contributed by atoms with Gasteiger partial charge in [0, 0.05) is 44.7 Å². The molecule has 186 valence electrons. The zero-order valence-electron chi connectivity index (χ0n) is 20.2. The first kappa shape index (κ1) is 24.1. The van der Waals surface area contributed by atoms with E-state index < -0.39 is 5.69 Å². The summed E-state index contributed by atoms with van der Waals surface area (Å²) in [6, 6.07) is 17.6. The van der Waals surface area contributed by atoms with Crippen molar-refractivity contribution in [3.63, 3.8) is 0 Å². The summed E-state index contributed by atoms with van der Waals surface area (Å²) < 4.78 is 5.39. The van der Waals surface area contributed by atoms with E-state index in [-0.39, 0.29) is 11.5 Å². The number of aryl methyl sites for hydroxylation is 1. The Morgan fingerprint density at radius 1 is 0.889 bits per heavy atom. The van der Waals surface area contributed by atoms with Crippen LogP contribution in [0.4, 0.5) is 5.95 Å². The molecule has 5 rings (SSSR count). The van der Waals surface area contributed by atoms with Crippen LogP contribution >= 0.6 is 15.9 Å². The van der Waals surface area contributed by atoms with Crippen LogP contribution in [0.5, 0.6) is 0 Å². The predicted octanol–water partition coefficient (Wildman–Crippen LogP) is 2.14. The Morgan fingerprint density at radius 3 is 2.22 bits per heavy atom. The van der Waals surface area contributed by atoms with E-state index in [0.29, 0.717) is 56.3 Å². The minimum absolute atomic E-state index is 0.0977. The number of benzene rings is 2. The van der Waals surface area contributed by atoms with Crippen LogP contribution in [0.25, 0.3) is 11.2 Å². The van der Waals surface area contributed by atoms with Crippen molar-refractivity contribution in [3.8, 4) is 0 Å². The van der Waals surface area contributed by atoms with Gasteiger partial charge >= 0.3 is 5.69 Å². The Balaban J connectivity index is 1.46. The largest absolute Gasteiger partial charge is 0.339 e. The SMILES string of the molecule is Cn1c(=O)c2c(nc(N3CCN(C(=O)Cc4ccccc4)CC3)n2Cc2ccc(Br)cc2)n(C)c1=O. The number of hydrogen-bond acceptors (Lipinski definition) is 5. The summed E-state index contributed by atoms with van der Waals surface area (Å²) in [5.41, 5.74) is 1.96. The second-order valence-electron chi connectivity index (χ2n) is 9.03. The number of anilines is 1. The molecule has 0 saturated carbocycles. The molecular formula is C26H27BrN6O3. The van der Waals surface area contributed by atoms with Crippen molar-refractivity contribution in [2.45, 2.75) is 13.0 Å². The second-order valence-corrected chi connectivity index (χ2v) is 9.95. The zero-order valence-corrected chi connectivity index (χ0v) is 21.8. The molecule has 0 N–H and O–H groups in total. The van der Waals surface area contributed by atoms with Gasteiger partial charge in [-0.25, -0.2) is 4.79 Å². The lowest BCUT2D eigenvalue weighted by molar-refractivity contribution is -0.130. The van der Waals surface area contributed by atoms with Gasteiger partial charge in [0.05, 0.1) is 13.0 Å². The normalized spacial score (nSPS) is 14.0. The maximum atomic E-state index is 13.2. The van der Waals surface area contributed by atoms with Crippen LogP contribution in [0.3, 0.4) is 0 Å². The number of fused-ring (bicyclic) bond motifs is 1. The fraction of sp³-hybridized carbons (Fsp3) is 0.308. The summed E-state index contributed by atoms with van der Waals surface area (Å²) in [6.07, 6.45) is 0.376. The zero-order chi connectivity index (χ0) is 25.4. The number of carbonyl (C=O) groups is 1. The van der Waals surface area contributed by atoms with Crippen molar-refractivity contribution >= 4 is 38.9 Å². The maximum Gasteiger partial charge on any atom is 0.332 e. The number of halogens is 1. The summed E-state index contributed by atoms with van der Waals surface area (Å²) in [5.74, 6) is 0.724. The van der Waals surface area contributed by atoms with Crippen LogP contribution < -0.4 is 16.1 Å². The van der Waals surface area contributed by atoms with E-state index in [4.69, 9.17) is 4.98 Å². The average molecular weight is 551 g/mol. The summed E-state index contributed by atoms with van der Waals surface area (Å²) in [6.45, 7) is 2.71. The minimum Gasteiger partial charge on any atom is -0.339 e. The van der Waals surface area contributed by atoms with E-state index in [9.17, 15) is 14.4 Å². The Morgan fingerprint density at radius 2 is 1.56 bits per heavy atom. The third-order valence-electron chi connectivity index (χ3n) is 6.70. The van der Waals surface area contributed by atoms with Gasteiger partial charge in [-0.2, -0.15) is 4.98 Å². The predicted molar refractivity (Wildman–Crippen MR) is 142 cm³/mol. The van der Waals surface area contributed by atoms with Crippen LogP contribution in [0.2, 0.25) is 0 Å². The van der Waals surface area contributed by atoms with Crippen LogP contribution in [0, 0.1) is 0 Å². The van der Waals surface area contributed by atoms with Crippen LogP contribution in [0.15, 0.2) is 68.7 Å². The summed E-state index contributed by atoms with van der Waals surface area (Å²) in [5, 5.41) is 0. The molecule has 4 aromatic rings. The molecule has 0 spiro atoms. The van der Waals surface area contributed by atoms with Gasteiger partial charge in [0.2, 0.25) is 11.9 Å². The lowest BCUT2D eigenvalue weighted by Crippen LogP contribution is -2.50. The van der Waals surface area contributed by atoms with E-state index >= 15 is 0 Å². The fourth-order valence-electron chi connectivity index (χ4n) is 4.64. The lowest BCUT2D eigenvalue weighted by atomic mass is 10.1. The number of carbonyl (C=O) groups excluding carboxylic acids is 1. The van der Waals surface area contributed by atoms with E-state index in [1.165, 1.54) is 11.6 Å². The number of nitrogens with zero attached hydrogens (tertiary/aromatic N) is 6. The molecule has 1 aliphatic heterocycles. The monoisotopic (exact) mass is 550 g/mol. The number of amides is 1. The molecule has 3 heterocycles. The van der Waals surface area contributed by atoms with E-state index in [2.05, 4.69) is 20.8 Å². The summed E-state index contributed by atoms with van der Waals surface area (Å²) >= 11 is 3.47. The van der Waals surface area contributed by atoms with E-state index in [1.54, 1.807) is 7.05 Å². The van der Waals surface area contributed by atoms with Gasteiger partial charge in [0.15, 0.2) is 11.2 Å². The van der Waals surface area contributed by atoms with Crippen molar-refractivity contribution in [1.82, 2.24) is 23.6 Å². The first-order valence-corrected chi connectivity index (χ1v) is 12.6. The molecular weight excluding hydrogens is 524 g/mol. The molecule has 2 aromatic carbocycles. The number of hydrogen-bond donors (Lipinski definition) is 0. The van der Waals surface area contributed by atoms with Crippen molar-refractivity contribution in [2.75, 3.05) is 31.1 Å². The van der Waals surface area contributed by atoms with Gasteiger partial charge in [-0.3, -0.25) is 23.3 Å². The van der Waals surface area contributed by atoms with Crippen molar-refractivity contribution < 1.29 is 4.79 Å². The Bertz CT molecular complexity index is 1530. The van der Waals surface area contributed by atoms with Gasteiger partial charge in [-0.05, 0) is 23.3 Å². The smallest absolute Gasteiger partial charge is 0.332 e. The summed E-state index contributed by atoms with van der Waals surface area (Å²) in [7, 11) is 3.11. The van der Waals surface area contributed by atoms with Gasteiger partial charge in [0.1, 0.15) is 0 Å². The van der Waals surface area contributed by atoms with Gasteiger partial charge in [-0.1, -0.05) is 58.4 Å². The van der Waals surface area contributed by atoms with Gasteiger partial charge in [-0.15, -0.1) is 0 Å². The maximum absolute atomic E-state index is 13.2. The molecule has 2 aromatic heterocycles. The number of aromatic nitrogens is 4. The molecule has 0 radical (unpaired) electrons. The quantitative estimate of drug-likeness (QED) is 0.380. The summed E-state index contributed by atoms with van der Waals surface area (Å²) in [4.78, 5) is 47.4. The molecule has 10 heteroatoms. The number of imidazole rings is 1. The van der Waals surface area contributed by atoms with Crippen LogP contribution in [-0.4, -0.2) is 55.7 Å². The highest BCUT2D eigenvalue weighted by molar-refractivity contribution is 9.10. The molecule has 0 atom stereocenters. The molecule has 1 saturated heterocycles. The second kappa shape index (κ2) is 9.77. The highest BCUT2D eigenvalue weighted by Gasteiger charge is 2.27. The highest BCUT2D eigenvalue weighted by atomic mass is 79.9. The average Bonchev–Trinajstić information content (AvgIpc) is 3.27. The van der Waals surface area contributed by atoms with Crippen LogP contribution in [0.1, 0.15) is 11.1 Å². The molecule has 1 amide bonds. The third-order valence-corrected chi connectivity index (χ3v) is 7.22. The Kier molecular flexibility index (Phi) is 6.53. The Labute approximate surface area is 216 Å². The fourth-order valence-corrected chi connectivity index (χ4v) is 4.90. The first-order chi connectivity index (χ1) is 17.3. The molecule has 0 unspecified atom stereocenters. The molecule has 9 nitrogen and oxygen atoms in total. The first-order valence-electron chi connectivity index (χ1n) is 11.8. The molecule has 0 aliphatic carbocycles. The van der Waals surface area contributed by atoms with Gasteiger partial charge < -0.3 is 9.80 Å². The lowest BCUT2D eigenvalue weighted by Gasteiger charge is -2.35. The van der Waals surface area contributed by atoms with Crippen molar-refractivity contribution in [3.05, 3.63) is 91.0 Å². The number of piperazine rings is 1. The van der Waals surface area contributed by atoms with Gasteiger partial charge in [0.25, 0.3) is 5.56 Å².